The summed E-state index contributed by atoms with van der Waals surface area (Å²) in [5, 5.41) is 5.91. The van der Waals surface area contributed by atoms with Gasteiger partial charge in [0, 0.05) is 31.3 Å². The molecule has 0 saturated carbocycles. The molecule has 1 aliphatic heterocycles. The van der Waals surface area contributed by atoms with Crippen molar-refractivity contribution in [1.82, 2.24) is 10.3 Å². The van der Waals surface area contributed by atoms with E-state index in [0.29, 0.717) is 36.4 Å². The van der Waals surface area contributed by atoms with Crippen LogP contribution in [0.15, 0.2) is 42.7 Å². The molecule has 1 aromatic carbocycles. The Hall–Kier alpha value is -3.09. The number of ether oxygens (including phenoxy) is 2. The van der Waals surface area contributed by atoms with Crippen LogP contribution in [0.5, 0.6) is 11.5 Å². The zero-order chi connectivity index (χ0) is 20.0. The summed E-state index contributed by atoms with van der Waals surface area (Å²) in [6, 6.07) is 8.92. The van der Waals surface area contributed by atoms with Crippen LogP contribution in [0.4, 0.5) is 5.69 Å². The van der Waals surface area contributed by atoms with Crippen LogP contribution in [-0.4, -0.2) is 36.6 Å². The number of nitrogens with zero attached hydrogens (tertiary/aromatic N) is 1. The third-order valence-corrected chi connectivity index (χ3v) is 4.95. The highest BCUT2D eigenvalue weighted by Gasteiger charge is 2.41. The fourth-order valence-electron chi connectivity index (χ4n) is 3.49. The van der Waals surface area contributed by atoms with Crippen molar-refractivity contribution in [2.75, 3.05) is 19.5 Å². The van der Waals surface area contributed by atoms with Gasteiger partial charge in [-0.1, -0.05) is 12.5 Å². The molecule has 1 atom stereocenters. The lowest BCUT2D eigenvalue weighted by molar-refractivity contribution is -0.130. The van der Waals surface area contributed by atoms with Crippen LogP contribution in [0.2, 0.25) is 0 Å². The lowest BCUT2D eigenvalue weighted by Crippen LogP contribution is -2.57. The highest BCUT2D eigenvalue weighted by atomic mass is 16.5. The standard InChI is InChI=1S/C21H25N3O4/c1-27-16-8-9-18(28-2)17(12-16)23-20(26)21(10-4-3-7-19(25)24-21)13-15-6-5-11-22-14-15/h5-6,8-9,11-12,14H,3-4,7,10,13H2,1-2H3,(H,23,26)(H,24,25). The second-order valence-corrected chi connectivity index (χ2v) is 6.90. The Morgan fingerprint density at radius 2 is 2.11 bits per heavy atom. The molecule has 148 valence electrons. The van der Waals surface area contributed by atoms with Crippen LogP contribution in [0.25, 0.3) is 0 Å². The maximum atomic E-state index is 13.4. The monoisotopic (exact) mass is 383 g/mol. The van der Waals surface area contributed by atoms with Gasteiger partial charge in [0.05, 0.1) is 19.9 Å². The molecule has 1 aromatic heterocycles. The molecule has 2 heterocycles. The quantitative estimate of drug-likeness (QED) is 0.801. The summed E-state index contributed by atoms with van der Waals surface area (Å²) < 4.78 is 10.6. The van der Waals surface area contributed by atoms with E-state index in [9.17, 15) is 9.59 Å². The van der Waals surface area contributed by atoms with E-state index in [-0.39, 0.29) is 11.8 Å². The lowest BCUT2D eigenvalue weighted by Gasteiger charge is -2.32. The zero-order valence-corrected chi connectivity index (χ0v) is 16.2. The number of carbonyl (C=O) groups is 2. The van der Waals surface area contributed by atoms with E-state index in [1.165, 1.54) is 7.11 Å². The average molecular weight is 383 g/mol. The molecule has 7 nitrogen and oxygen atoms in total. The summed E-state index contributed by atoms with van der Waals surface area (Å²) in [4.78, 5) is 29.9. The molecule has 1 fully saturated rings. The number of hydrogen-bond acceptors (Lipinski definition) is 5. The number of pyridine rings is 1. The molecule has 28 heavy (non-hydrogen) atoms. The van der Waals surface area contributed by atoms with Crippen molar-refractivity contribution in [3.63, 3.8) is 0 Å². The van der Waals surface area contributed by atoms with Crippen molar-refractivity contribution in [3.8, 4) is 11.5 Å². The van der Waals surface area contributed by atoms with E-state index in [0.717, 1.165) is 18.4 Å². The molecule has 3 rings (SSSR count). The zero-order valence-electron chi connectivity index (χ0n) is 16.2. The van der Waals surface area contributed by atoms with Gasteiger partial charge in [-0.3, -0.25) is 14.6 Å². The molecular formula is C21H25N3O4. The number of methoxy groups -OCH3 is 2. The van der Waals surface area contributed by atoms with Crippen LogP contribution >= 0.6 is 0 Å². The topological polar surface area (TPSA) is 89.6 Å². The molecule has 0 spiro atoms. The largest absolute Gasteiger partial charge is 0.497 e. The number of rotatable bonds is 6. The first kappa shape index (κ1) is 19.7. The summed E-state index contributed by atoms with van der Waals surface area (Å²) in [6.45, 7) is 0. The Morgan fingerprint density at radius 1 is 1.25 bits per heavy atom. The lowest BCUT2D eigenvalue weighted by atomic mass is 9.85. The highest BCUT2D eigenvalue weighted by Crippen LogP contribution is 2.31. The number of nitrogens with one attached hydrogen (secondary N) is 2. The van der Waals surface area contributed by atoms with Gasteiger partial charge in [0.2, 0.25) is 5.91 Å². The maximum absolute atomic E-state index is 13.4. The smallest absolute Gasteiger partial charge is 0.250 e. The van der Waals surface area contributed by atoms with E-state index in [2.05, 4.69) is 15.6 Å². The summed E-state index contributed by atoms with van der Waals surface area (Å²) >= 11 is 0. The summed E-state index contributed by atoms with van der Waals surface area (Å²) in [7, 11) is 3.10. The molecule has 7 heteroatoms. The van der Waals surface area contributed by atoms with Gasteiger partial charge in [-0.25, -0.2) is 0 Å². The van der Waals surface area contributed by atoms with E-state index in [1.807, 2.05) is 12.1 Å². The normalized spacial score (nSPS) is 19.3. The van der Waals surface area contributed by atoms with E-state index in [4.69, 9.17) is 9.47 Å². The highest BCUT2D eigenvalue weighted by molar-refractivity contribution is 6.02. The van der Waals surface area contributed by atoms with Gasteiger partial charge >= 0.3 is 0 Å². The summed E-state index contributed by atoms with van der Waals surface area (Å²) in [5.41, 5.74) is 0.332. The van der Waals surface area contributed by atoms with Crippen LogP contribution in [0, 0.1) is 0 Å². The molecule has 1 aliphatic rings. The van der Waals surface area contributed by atoms with Gasteiger partial charge in [-0.15, -0.1) is 0 Å². The van der Waals surface area contributed by atoms with Crippen molar-refractivity contribution >= 4 is 17.5 Å². The first-order valence-corrected chi connectivity index (χ1v) is 9.30. The number of benzene rings is 1. The van der Waals surface area contributed by atoms with Gasteiger partial charge in [0.1, 0.15) is 17.0 Å². The Morgan fingerprint density at radius 3 is 2.82 bits per heavy atom. The van der Waals surface area contributed by atoms with Crippen LogP contribution in [0.1, 0.15) is 31.2 Å². The summed E-state index contributed by atoms with van der Waals surface area (Å²) in [5.74, 6) is 0.722. The van der Waals surface area contributed by atoms with E-state index < -0.39 is 5.54 Å². The molecule has 1 saturated heterocycles. The van der Waals surface area contributed by atoms with Crippen molar-refractivity contribution in [3.05, 3.63) is 48.3 Å². The van der Waals surface area contributed by atoms with Crippen LogP contribution in [-0.2, 0) is 16.0 Å². The number of anilines is 1. The van der Waals surface area contributed by atoms with Crippen LogP contribution in [0.3, 0.4) is 0 Å². The van der Waals surface area contributed by atoms with Crippen molar-refractivity contribution in [2.45, 2.75) is 37.6 Å². The Kier molecular flexibility index (Phi) is 6.13. The van der Waals surface area contributed by atoms with Crippen molar-refractivity contribution in [1.29, 1.82) is 0 Å². The third kappa shape index (κ3) is 4.42. The predicted octanol–water partition coefficient (Wildman–Crippen LogP) is 2.71. The van der Waals surface area contributed by atoms with Gasteiger partial charge in [0.15, 0.2) is 0 Å². The molecule has 0 radical (unpaired) electrons. The second kappa shape index (κ2) is 8.73. The fourth-order valence-corrected chi connectivity index (χ4v) is 3.49. The Balaban J connectivity index is 1.93. The number of aromatic nitrogens is 1. The van der Waals surface area contributed by atoms with Crippen molar-refractivity contribution < 1.29 is 19.1 Å². The molecule has 1 unspecified atom stereocenters. The molecule has 0 bridgehead atoms. The van der Waals surface area contributed by atoms with E-state index >= 15 is 0 Å². The predicted molar refractivity (Wildman–Crippen MR) is 105 cm³/mol. The van der Waals surface area contributed by atoms with Gasteiger partial charge < -0.3 is 20.1 Å². The molecule has 2 amide bonds. The first-order valence-electron chi connectivity index (χ1n) is 9.30. The molecule has 0 aliphatic carbocycles. The SMILES string of the molecule is COc1ccc(OC)c(NC(=O)C2(Cc3cccnc3)CCCCC(=O)N2)c1. The molecule has 2 aromatic rings. The second-order valence-electron chi connectivity index (χ2n) is 6.90. The molecular weight excluding hydrogens is 358 g/mol. The number of amides is 2. The number of carbonyl (C=O) groups excluding carboxylic acids is 2. The average Bonchev–Trinajstić information content (AvgIpc) is 2.90. The van der Waals surface area contributed by atoms with Gasteiger partial charge in [0.25, 0.3) is 5.91 Å². The Labute approximate surface area is 164 Å². The number of hydrogen-bond donors (Lipinski definition) is 2. The Bertz CT molecular complexity index is 841. The first-order chi connectivity index (χ1) is 13.6. The fraction of sp³-hybridized carbons (Fsp3) is 0.381. The van der Waals surface area contributed by atoms with Crippen LogP contribution < -0.4 is 20.1 Å². The van der Waals surface area contributed by atoms with E-state index in [1.54, 1.807) is 37.7 Å². The third-order valence-electron chi connectivity index (χ3n) is 4.95. The summed E-state index contributed by atoms with van der Waals surface area (Å²) in [6.07, 6.45) is 6.28. The van der Waals surface area contributed by atoms with Crippen molar-refractivity contribution in [2.24, 2.45) is 0 Å². The minimum absolute atomic E-state index is 0.117. The minimum Gasteiger partial charge on any atom is -0.497 e. The van der Waals surface area contributed by atoms with Gasteiger partial charge in [-0.2, -0.15) is 0 Å². The minimum atomic E-state index is -1.05. The maximum Gasteiger partial charge on any atom is 0.250 e. The molecule has 2 N–H and O–H groups in total. The van der Waals surface area contributed by atoms with Gasteiger partial charge in [-0.05, 0) is 36.6 Å².